The zero-order valence-corrected chi connectivity index (χ0v) is 26.3. The number of aromatic hydroxyl groups is 2. The first kappa shape index (κ1) is 28.8. The Morgan fingerprint density at radius 3 is 1.81 bits per heavy atom. The second-order valence-electron chi connectivity index (χ2n) is 12.2. The zero-order valence-electron chi connectivity index (χ0n) is 25.3. The Kier molecular flexibility index (Phi) is 7.62. The summed E-state index contributed by atoms with van der Waals surface area (Å²) in [5.41, 5.74) is 1.27. The molecule has 2 aliphatic rings. The van der Waals surface area contributed by atoms with Crippen molar-refractivity contribution in [2.45, 2.75) is 83.6 Å². The van der Waals surface area contributed by atoms with Crippen LogP contribution < -0.4 is 14.7 Å². The summed E-state index contributed by atoms with van der Waals surface area (Å²) < 4.78 is 25.0. The lowest BCUT2D eigenvalue weighted by Gasteiger charge is -2.31. The Hall–Kier alpha value is -3.26. The lowest BCUT2D eigenvalue weighted by molar-refractivity contribution is -0.147. The van der Waals surface area contributed by atoms with Crippen molar-refractivity contribution in [3.63, 3.8) is 0 Å². The number of hydrogen-bond acceptors (Lipinski definition) is 6. The fraction of sp³-hybridized carbons (Fsp3) is 0.429. The van der Waals surface area contributed by atoms with Crippen LogP contribution >= 0.6 is 0 Å². The number of fused-ring (bicyclic) bond motifs is 4. The molecule has 222 valence electrons. The lowest BCUT2D eigenvalue weighted by Crippen LogP contribution is -2.46. The van der Waals surface area contributed by atoms with E-state index in [-0.39, 0.29) is 23.7 Å². The van der Waals surface area contributed by atoms with Gasteiger partial charge in [-0.2, -0.15) is 0 Å². The van der Waals surface area contributed by atoms with Crippen molar-refractivity contribution in [2.75, 3.05) is 13.2 Å². The molecule has 4 aromatic carbocycles. The average molecular weight is 587 g/mol. The average Bonchev–Trinajstić information content (AvgIpc) is 3.27. The molecule has 0 saturated carbocycles. The van der Waals surface area contributed by atoms with Gasteiger partial charge in [-0.05, 0) is 70.9 Å². The van der Waals surface area contributed by atoms with Crippen molar-refractivity contribution in [3.8, 4) is 34.1 Å². The van der Waals surface area contributed by atoms with E-state index in [1.165, 1.54) is 0 Å². The number of ether oxygens (including phenoxy) is 4. The maximum atomic E-state index is 12.2. The molecule has 0 radical (unpaired) electrons. The molecule has 0 unspecified atom stereocenters. The van der Waals surface area contributed by atoms with Crippen LogP contribution in [-0.2, 0) is 9.47 Å². The Labute approximate surface area is 249 Å². The molecule has 2 atom stereocenters. The molecular formula is C35H42O6Si. The van der Waals surface area contributed by atoms with Gasteiger partial charge >= 0.3 is 0 Å². The van der Waals surface area contributed by atoms with Crippen LogP contribution in [0, 0.1) is 0 Å². The number of phenolic OH excluding ortho intramolecular Hbond substituents is 2. The highest BCUT2D eigenvalue weighted by Crippen LogP contribution is 2.47. The molecule has 6 nitrogen and oxygen atoms in total. The van der Waals surface area contributed by atoms with Crippen LogP contribution in [0.4, 0.5) is 0 Å². The van der Waals surface area contributed by atoms with Gasteiger partial charge in [-0.3, -0.25) is 0 Å². The highest BCUT2D eigenvalue weighted by atomic mass is 28.3. The van der Waals surface area contributed by atoms with Crippen molar-refractivity contribution in [1.82, 2.24) is 0 Å². The molecule has 0 aromatic heterocycles. The number of rotatable bonds is 4. The number of phenols is 2. The standard InChI is InChI=1S/C35H42O6Si/c1-6-42(7-2,8-3)31-19-23-10-13-25-21-27(23)33(34(31)37)32-26-20-24(12-9-22(26)11-14-28(32)36)38-17-15-29-30(16-18-39-25)41-35(4,5)40-29/h9-14,19-21,29-30,36-37H,6-8,15-18H2,1-5H3/t29-,30-/m1/s1. The molecule has 4 aromatic rings. The topological polar surface area (TPSA) is 77.4 Å². The fourth-order valence-electron chi connectivity index (χ4n) is 7.06. The summed E-state index contributed by atoms with van der Waals surface area (Å²) >= 11 is 0. The van der Waals surface area contributed by atoms with E-state index in [9.17, 15) is 10.2 Å². The SMILES string of the molecule is CC[Si](CC)(CC)c1cc2ccc3cc2c(c1O)-c1c(O)ccc2ccc(cc12)OCC[C@H]1OC(C)(C)O[C@@H]1CCO3. The highest BCUT2D eigenvalue weighted by Gasteiger charge is 2.41. The van der Waals surface area contributed by atoms with Crippen LogP contribution in [0.1, 0.15) is 47.5 Å². The minimum Gasteiger partial charge on any atom is -0.507 e. The second kappa shape index (κ2) is 11.1. The van der Waals surface area contributed by atoms with E-state index in [1.54, 1.807) is 6.07 Å². The van der Waals surface area contributed by atoms with Gasteiger partial charge in [0.25, 0.3) is 0 Å². The maximum absolute atomic E-state index is 12.2. The van der Waals surface area contributed by atoms with E-state index in [1.807, 2.05) is 50.2 Å². The molecule has 42 heavy (non-hydrogen) atoms. The summed E-state index contributed by atoms with van der Waals surface area (Å²) in [6.07, 6.45) is 1.15. The summed E-state index contributed by atoms with van der Waals surface area (Å²) in [6, 6.07) is 21.0. The van der Waals surface area contributed by atoms with Gasteiger partial charge in [0.05, 0.1) is 33.5 Å². The predicted octanol–water partition coefficient (Wildman–Crippen LogP) is 7.86. The molecule has 0 spiro atoms. The van der Waals surface area contributed by atoms with Gasteiger partial charge < -0.3 is 29.2 Å². The molecule has 6 rings (SSSR count). The Morgan fingerprint density at radius 2 is 1.24 bits per heavy atom. The van der Waals surface area contributed by atoms with Gasteiger partial charge in [-0.15, -0.1) is 0 Å². The molecule has 0 aliphatic carbocycles. The summed E-state index contributed by atoms with van der Waals surface area (Å²) in [5.74, 6) is 1.16. The summed E-state index contributed by atoms with van der Waals surface area (Å²) in [7, 11) is -2.00. The smallest absolute Gasteiger partial charge is 0.163 e. The largest absolute Gasteiger partial charge is 0.507 e. The van der Waals surface area contributed by atoms with Gasteiger partial charge in [0.2, 0.25) is 0 Å². The first-order chi connectivity index (χ1) is 20.2. The van der Waals surface area contributed by atoms with E-state index in [4.69, 9.17) is 18.9 Å². The van der Waals surface area contributed by atoms with E-state index in [2.05, 4.69) is 32.9 Å². The van der Waals surface area contributed by atoms with Crippen molar-refractivity contribution in [1.29, 1.82) is 0 Å². The normalized spacial score (nSPS) is 20.5. The van der Waals surface area contributed by atoms with Gasteiger partial charge in [-0.1, -0.05) is 63.2 Å². The molecule has 7 heteroatoms. The van der Waals surface area contributed by atoms with Gasteiger partial charge in [-0.25, -0.2) is 0 Å². The van der Waals surface area contributed by atoms with Crippen LogP contribution in [0.3, 0.4) is 0 Å². The van der Waals surface area contributed by atoms with Crippen molar-refractivity contribution in [3.05, 3.63) is 54.6 Å². The van der Waals surface area contributed by atoms with Gasteiger partial charge in [0.15, 0.2) is 5.79 Å². The Morgan fingerprint density at radius 1 is 0.714 bits per heavy atom. The van der Waals surface area contributed by atoms with E-state index < -0.39 is 13.9 Å². The van der Waals surface area contributed by atoms with Crippen LogP contribution in [-0.4, -0.2) is 49.5 Å². The Balaban J connectivity index is 1.60. The van der Waals surface area contributed by atoms with Crippen LogP contribution in [0.25, 0.3) is 32.7 Å². The third-order valence-electron chi connectivity index (χ3n) is 9.54. The van der Waals surface area contributed by atoms with Gasteiger partial charge in [0, 0.05) is 24.0 Å². The van der Waals surface area contributed by atoms with Crippen LogP contribution in [0.5, 0.6) is 23.0 Å². The van der Waals surface area contributed by atoms with E-state index in [0.29, 0.717) is 48.7 Å². The fourth-order valence-corrected chi connectivity index (χ4v) is 10.8. The molecule has 2 aliphatic heterocycles. The molecule has 2 heterocycles. The molecule has 0 amide bonds. The third-order valence-corrected chi connectivity index (χ3v) is 15.1. The monoisotopic (exact) mass is 586 g/mol. The summed E-state index contributed by atoms with van der Waals surface area (Å²) in [5, 5.41) is 28.4. The van der Waals surface area contributed by atoms with Crippen LogP contribution in [0.2, 0.25) is 18.1 Å². The maximum Gasteiger partial charge on any atom is 0.163 e. The number of hydrogen-bond donors (Lipinski definition) is 2. The van der Waals surface area contributed by atoms with Crippen molar-refractivity contribution < 1.29 is 29.2 Å². The predicted molar refractivity (Wildman–Crippen MR) is 171 cm³/mol. The van der Waals surface area contributed by atoms with Gasteiger partial charge in [0.1, 0.15) is 23.0 Å². The quantitative estimate of drug-likeness (QED) is 0.237. The third kappa shape index (κ3) is 5.01. The highest BCUT2D eigenvalue weighted by molar-refractivity contribution is 6.92. The first-order valence-corrected chi connectivity index (χ1v) is 18.0. The molecular weight excluding hydrogens is 544 g/mol. The van der Waals surface area contributed by atoms with Crippen molar-refractivity contribution >= 4 is 34.8 Å². The summed E-state index contributed by atoms with van der Waals surface area (Å²) in [6.45, 7) is 11.5. The zero-order chi connectivity index (χ0) is 29.6. The van der Waals surface area contributed by atoms with E-state index in [0.717, 1.165) is 44.9 Å². The van der Waals surface area contributed by atoms with Crippen LogP contribution in [0.15, 0.2) is 54.6 Å². The Bertz CT molecular complexity index is 1620. The summed E-state index contributed by atoms with van der Waals surface area (Å²) in [4.78, 5) is 0. The minimum atomic E-state index is -2.00. The molecule has 1 fully saturated rings. The number of benzene rings is 4. The molecule has 2 N–H and O–H groups in total. The van der Waals surface area contributed by atoms with E-state index >= 15 is 0 Å². The minimum absolute atomic E-state index is 0.102. The second-order valence-corrected chi connectivity index (χ2v) is 17.4. The molecule has 1 saturated heterocycles. The molecule has 4 bridgehead atoms. The lowest BCUT2D eigenvalue weighted by atomic mass is 9.92. The van der Waals surface area contributed by atoms with Crippen molar-refractivity contribution in [2.24, 2.45) is 0 Å². The first-order valence-electron chi connectivity index (χ1n) is 15.4.